The van der Waals surface area contributed by atoms with Gasteiger partial charge in [0.05, 0.1) is 0 Å². The molecule has 0 bridgehead atoms. The molecule has 0 nitrogen and oxygen atoms in total. The number of rotatable bonds is 2. The molecule has 0 heterocycles. The van der Waals surface area contributed by atoms with Crippen molar-refractivity contribution < 1.29 is 4.39 Å². The highest BCUT2D eigenvalue weighted by atomic mass is 79.9. The SMILES string of the molecule is Cc1cc(F)cc(C)c1C(Br)C1Cc2ccccc2C1. The first-order chi connectivity index (χ1) is 9.56. The molecule has 0 spiro atoms. The Balaban J connectivity index is 1.90. The third kappa shape index (κ3) is 2.42. The summed E-state index contributed by atoms with van der Waals surface area (Å²) in [6, 6.07) is 11.9. The van der Waals surface area contributed by atoms with Gasteiger partial charge in [0.2, 0.25) is 0 Å². The average molecular weight is 333 g/mol. The molecule has 1 unspecified atom stereocenters. The molecular weight excluding hydrogens is 315 g/mol. The number of hydrogen-bond acceptors (Lipinski definition) is 0. The maximum Gasteiger partial charge on any atom is 0.123 e. The predicted octanol–water partition coefficient (Wildman–Crippen LogP) is 5.29. The van der Waals surface area contributed by atoms with E-state index in [1.807, 2.05) is 13.8 Å². The van der Waals surface area contributed by atoms with E-state index >= 15 is 0 Å². The first kappa shape index (κ1) is 13.8. The van der Waals surface area contributed by atoms with Gasteiger partial charge in [0.25, 0.3) is 0 Å². The quantitative estimate of drug-likeness (QED) is 0.655. The second-order valence-electron chi connectivity index (χ2n) is 5.79. The van der Waals surface area contributed by atoms with Crippen molar-refractivity contribution in [1.29, 1.82) is 0 Å². The van der Waals surface area contributed by atoms with Crippen LogP contribution in [-0.4, -0.2) is 0 Å². The molecule has 2 aromatic carbocycles. The van der Waals surface area contributed by atoms with E-state index in [4.69, 9.17) is 0 Å². The van der Waals surface area contributed by atoms with Crippen LogP contribution >= 0.6 is 15.9 Å². The zero-order chi connectivity index (χ0) is 14.3. The van der Waals surface area contributed by atoms with Crippen molar-refractivity contribution in [3.05, 3.63) is 70.0 Å². The molecule has 0 aliphatic heterocycles. The van der Waals surface area contributed by atoms with Crippen molar-refractivity contribution in [3.8, 4) is 0 Å². The van der Waals surface area contributed by atoms with Gasteiger partial charge in [0.1, 0.15) is 5.82 Å². The van der Waals surface area contributed by atoms with Crippen LogP contribution in [0.1, 0.15) is 32.6 Å². The minimum Gasteiger partial charge on any atom is -0.207 e. The lowest BCUT2D eigenvalue weighted by molar-refractivity contribution is 0.549. The Morgan fingerprint density at radius 3 is 2.05 bits per heavy atom. The molecule has 104 valence electrons. The number of halogens is 2. The van der Waals surface area contributed by atoms with E-state index in [1.165, 1.54) is 16.7 Å². The van der Waals surface area contributed by atoms with Crippen LogP contribution in [-0.2, 0) is 12.8 Å². The zero-order valence-electron chi connectivity index (χ0n) is 11.8. The van der Waals surface area contributed by atoms with Crippen molar-refractivity contribution in [1.82, 2.24) is 0 Å². The second kappa shape index (κ2) is 5.33. The summed E-state index contributed by atoms with van der Waals surface area (Å²) in [6.07, 6.45) is 2.20. The normalized spacial score (nSPS) is 16.2. The molecule has 0 fully saturated rings. The van der Waals surface area contributed by atoms with Crippen molar-refractivity contribution in [3.63, 3.8) is 0 Å². The lowest BCUT2D eigenvalue weighted by Gasteiger charge is -2.22. The van der Waals surface area contributed by atoms with Gasteiger partial charge in [-0.25, -0.2) is 4.39 Å². The van der Waals surface area contributed by atoms with Gasteiger partial charge in [0, 0.05) is 4.83 Å². The highest BCUT2D eigenvalue weighted by Crippen LogP contribution is 2.42. The van der Waals surface area contributed by atoms with Gasteiger partial charge in [-0.1, -0.05) is 40.2 Å². The minimum atomic E-state index is -0.141. The van der Waals surface area contributed by atoms with Crippen LogP contribution in [0.2, 0.25) is 0 Å². The summed E-state index contributed by atoms with van der Waals surface area (Å²) in [5.74, 6) is 0.411. The summed E-state index contributed by atoms with van der Waals surface area (Å²) >= 11 is 3.88. The Kier molecular flexibility index (Phi) is 3.68. The van der Waals surface area contributed by atoms with Crippen molar-refractivity contribution in [2.24, 2.45) is 5.92 Å². The lowest BCUT2D eigenvalue weighted by Crippen LogP contribution is -2.11. The second-order valence-corrected chi connectivity index (χ2v) is 6.78. The molecule has 0 radical (unpaired) electrons. The van der Waals surface area contributed by atoms with E-state index < -0.39 is 0 Å². The Hall–Kier alpha value is -1.15. The van der Waals surface area contributed by atoms with E-state index in [1.54, 1.807) is 12.1 Å². The first-order valence-corrected chi connectivity index (χ1v) is 7.95. The maximum absolute atomic E-state index is 13.4. The number of fused-ring (bicyclic) bond motifs is 1. The molecule has 1 aliphatic carbocycles. The van der Waals surface area contributed by atoms with E-state index in [2.05, 4.69) is 40.2 Å². The fourth-order valence-electron chi connectivity index (χ4n) is 3.39. The number of benzene rings is 2. The summed E-state index contributed by atoms with van der Waals surface area (Å²) in [6.45, 7) is 4.00. The summed E-state index contributed by atoms with van der Waals surface area (Å²) in [5.41, 5.74) is 6.25. The van der Waals surface area contributed by atoms with Gasteiger partial charge in [0.15, 0.2) is 0 Å². The van der Waals surface area contributed by atoms with Crippen LogP contribution in [0.4, 0.5) is 4.39 Å². The van der Waals surface area contributed by atoms with Gasteiger partial charge in [-0.05, 0) is 72.6 Å². The smallest absolute Gasteiger partial charge is 0.123 e. The molecule has 2 heteroatoms. The van der Waals surface area contributed by atoms with E-state index in [0.29, 0.717) is 5.92 Å². The molecule has 1 atom stereocenters. The van der Waals surface area contributed by atoms with Crippen LogP contribution in [0.3, 0.4) is 0 Å². The molecular formula is C18H18BrF. The molecule has 0 N–H and O–H groups in total. The van der Waals surface area contributed by atoms with E-state index in [-0.39, 0.29) is 10.6 Å². The topological polar surface area (TPSA) is 0 Å². The van der Waals surface area contributed by atoms with Crippen molar-refractivity contribution in [2.75, 3.05) is 0 Å². The fraction of sp³-hybridized carbons (Fsp3) is 0.333. The van der Waals surface area contributed by atoms with Crippen LogP contribution in [0, 0.1) is 25.6 Å². The summed E-state index contributed by atoms with van der Waals surface area (Å²) in [5, 5.41) is 0. The lowest BCUT2D eigenvalue weighted by atomic mass is 9.90. The molecule has 0 saturated carbocycles. The fourth-order valence-corrected chi connectivity index (χ4v) is 4.49. The molecule has 2 aromatic rings. The average Bonchev–Trinajstić information content (AvgIpc) is 2.81. The van der Waals surface area contributed by atoms with E-state index in [0.717, 1.165) is 24.0 Å². The van der Waals surface area contributed by atoms with Crippen molar-refractivity contribution in [2.45, 2.75) is 31.5 Å². The third-order valence-electron chi connectivity index (χ3n) is 4.33. The van der Waals surface area contributed by atoms with Gasteiger partial charge < -0.3 is 0 Å². The summed E-state index contributed by atoms with van der Waals surface area (Å²) < 4.78 is 13.4. The monoisotopic (exact) mass is 332 g/mol. The predicted molar refractivity (Wildman–Crippen MR) is 84.9 cm³/mol. The number of aryl methyl sites for hydroxylation is 2. The summed E-state index contributed by atoms with van der Waals surface area (Å²) in [4.78, 5) is 0.287. The highest BCUT2D eigenvalue weighted by molar-refractivity contribution is 9.09. The van der Waals surface area contributed by atoms with Crippen molar-refractivity contribution >= 4 is 15.9 Å². The van der Waals surface area contributed by atoms with E-state index in [9.17, 15) is 4.39 Å². The number of alkyl halides is 1. The third-order valence-corrected chi connectivity index (χ3v) is 5.54. The molecule has 0 aromatic heterocycles. The molecule has 0 saturated heterocycles. The van der Waals surface area contributed by atoms with Gasteiger partial charge in [-0.3, -0.25) is 0 Å². The summed E-state index contributed by atoms with van der Waals surface area (Å²) in [7, 11) is 0. The molecule has 1 aliphatic rings. The highest BCUT2D eigenvalue weighted by Gasteiger charge is 2.29. The van der Waals surface area contributed by atoms with Crippen LogP contribution in [0.25, 0.3) is 0 Å². The standard InChI is InChI=1S/C18H18BrF/c1-11-7-16(20)8-12(2)17(11)18(19)15-9-13-5-3-4-6-14(13)10-15/h3-8,15,18H,9-10H2,1-2H3. The zero-order valence-corrected chi connectivity index (χ0v) is 13.4. The molecule has 20 heavy (non-hydrogen) atoms. The van der Waals surface area contributed by atoms with Gasteiger partial charge >= 0.3 is 0 Å². The maximum atomic E-state index is 13.4. The Morgan fingerprint density at radius 2 is 1.55 bits per heavy atom. The molecule has 0 amide bonds. The van der Waals surface area contributed by atoms with Crippen LogP contribution in [0.15, 0.2) is 36.4 Å². The van der Waals surface area contributed by atoms with Gasteiger partial charge in [-0.2, -0.15) is 0 Å². The molecule has 3 rings (SSSR count). The number of hydrogen-bond donors (Lipinski definition) is 0. The minimum absolute atomic E-state index is 0.141. The van der Waals surface area contributed by atoms with Gasteiger partial charge in [-0.15, -0.1) is 0 Å². The Bertz CT molecular complexity index is 600. The first-order valence-electron chi connectivity index (χ1n) is 7.03. The largest absolute Gasteiger partial charge is 0.207 e. The van der Waals surface area contributed by atoms with Crippen LogP contribution < -0.4 is 0 Å². The Labute approximate surface area is 128 Å². The Morgan fingerprint density at radius 1 is 1.05 bits per heavy atom. The van der Waals surface area contributed by atoms with Crippen LogP contribution in [0.5, 0.6) is 0 Å².